The number of benzene rings is 2. The number of thiazole rings is 1. The number of halogens is 1. The summed E-state index contributed by atoms with van der Waals surface area (Å²) in [6, 6.07) is 11.1. The molecule has 0 bridgehead atoms. The molecule has 2 heterocycles. The maximum atomic E-state index is 12.9. The van der Waals surface area contributed by atoms with Gasteiger partial charge in [0.1, 0.15) is 0 Å². The molecule has 0 radical (unpaired) electrons. The molecule has 0 aliphatic heterocycles. The molecule has 0 atom stereocenters. The van der Waals surface area contributed by atoms with Crippen LogP contribution in [0.4, 0.5) is 0 Å². The van der Waals surface area contributed by atoms with E-state index in [1.54, 1.807) is 22.6 Å². The van der Waals surface area contributed by atoms with Gasteiger partial charge in [0.15, 0.2) is 16.5 Å². The number of rotatable bonds is 4. The Morgan fingerprint density at radius 3 is 2.86 bits per heavy atom. The fourth-order valence-corrected chi connectivity index (χ4v) is 4.47. The summed E-state index contributed by atoms with van der Waals surface area (Å²) < 4.78 is 13.6. The van der Waals surface area contributed by atoms with Crippen molar-refractivity contribution in [3.8, 4) is 11.5 Å². The Balaban J connectivity index is 1.88. The van der Waals surface area contributed by atoms with Crippen LogP contribution in [0, 0.1) is 0 Å². The van der Waals surface area contributed by atoms with Crippen molar-refractivity contribution < 1.29 is 14.3 Å². The summed E-state index contributed by atoms with van der Waals surface area (Å²) in [5.41, 5.74) is 2.22. The fourth-order valence-electron chi connectivity index (χ4n) is 2.94. The number of para-hydroxylation sites is 2. The van der Waals surface area contributed by atoms with Crippen LogP contribution in [0.3, 0.4) is 0 Å². The Kier molecular flexibility index (Phi) is 4.91. The molecule has 0 saturated heterocycles. The highest BCUT2D eigenvalue weighted by atomic mass is 79.9. The van der Waals surface area contributed by atoms with Gasteiger partial charge in [0.25, 0.3) is 5.56 Å². The second-order valence-electron chi connectivity index (χ2n) is 5.99. The first-order valence-electron chi connectivity index (χ1n) is 8.54. The predicted octanol–water partition coefficient (Wildman–Crippen LogP) is 3.54. The lowest BCUT2D eigenvalue weighted by Crippen LogP contribution is -2.22. The Hall–Kier alpha value is -2.71. The molecule has 0 aliphatic rings. The van der Waals surface area contributed by atoms with Crippen LogP contribution in [0.2, 0.25) is 0 Å². The highest BCUT2D eigenvalue weighted by Gasteiger charge is 2.15. The molecule has 28 heavy (non-hydrogen) atoms. The van der Waals surface area contributed by atoms with Gasteiger partial charge in [-0.2, -0.15) is 0 Å². The normalized spacial score (nSPS) is 12.0. The molecule has 4 aromatic rings. The Morgan fingerprint density at radius 1 is 1.32 bits per heavy atom. The van der Waals surface area contributed by atoms with Crippen molar-refractivity contribution in [3.63, 3.8) is 0 Å². The lowest BCUT2D eigenvalue weighted by molar-refractivity contribution is -0.132. The van der Waals surface area contributed by atoms with Gasteiger partial charge in [0.05, 0.1) is 26.6 Å². The number of esters is 1. The first-order valence-corrected chi connectivity index (χ1v) is 10.2. The number of carbonyl (C=O) groups excluding carboxylic acids is 1. The fraction of sp³-hybridized carbons (Fsp3) is 0.150. The molecule has 0 unspecified atom stereocenters. The Labute approximate surface area is 172 Å². The monoisotopic (exact) mass is 458 g/mol. The Bertz CT molecular complexity index is 1330. The van der Waals surface area contributed by atoms with Gasteiger partial charge >= 0.3 is 5.97 Å². The van der Waals surface area contributed by atoms with Crippen molar-refractivity contribution in [1.29, 1.82) is 0 Å². The van der Waals surface area contributed by atoms with E-state index in [0.717, 1.165) is 16.6 Å². The average Bonchev–Trinajstić information content (AvgIpc) is 3.15. The molecule has 8 heteroatoms. The van der Waals surface area contributed by atoms with Crippen LogP contribution in [0.5, 0.6) is 11.5 Å². The van der Waals surface area contributed by atoms with E-state index in [0.29, 0.717) is 32.1 Å². The van der Waals surface area contributed by atoms with Crippen LogP contribution in [0.15, 0.2) is 45.7 Å². The molecule has 4 rings (SSSR count). The summed E-state index contributed by atoms with van der Waals surface area (Å²) in [7, 11) is 0. The first kappa shape index (κ1) is 18.6. The molecule has 0 saturated carbocycles. The predicted molar refractivity (Wildman–Crippen MR) is 112 cm³/mol. The number of imidazole rings is 1. The van der Waals surface area contributed by atoms with E-state index in [1.165, 1.54) is 18.3 Å². The van der Waals surface area contributed by atoms with Crippen LogP contribution in [0.1, 0.15) is 19.4 Å². The van der Waals surface area contributed by atoms with Crippen molar-refractivity contribution in [2.24, 2.45) is 0 Å². The highest BCUT2D eigenvalue weighted by molar-refractivity contribution is 9.10. The molecule has 6 nitrogen and oxygen atoms in total. The summed E-state index contributed by atoms with van der Waals surface area (Å²) in [5.74, 6) is 0.310. The van der Waals surface area contributed by atoms with Crippen LogP contribution in [-0.2, 0) is 4.79 Å². The smallest absolute Gasteiger partial charge is 0.308 e. The topological polar surface area (TPSA) is 69.9 Å². The third-order valence-corrected chi connectivity index (χ3v) is 5.58. The van der Waals surface area contributed by atoms with Gasteiger partial charge in [-0.05, 0) is 58.8 Å². The number of carbonyl (C=O) groups is 1. The van der Waals surface area contributed by atoms with Crippen molar-refractivity contribution in [1.82, 2.24) is 9.38 Å². The van der Waals surface area contributed by atoms with Gasteiger partial charge in [-0.15, -0.1) is 0 Å². The van der Waals surface area contributed by atoms with Crippen LogP contribution < -0.4 is 19.6 Å². The zero-order valence-electron chi connectivity index (χ0n) is 15.1. The standard InChI is InChI=1S/C20H15BrN2O4S/c1-3-26-16-9-12(8-13(21)18(16)27-11(2)24)10-17-19(25)23-15-7-5-4-6-14(15)22-20(23)28-17/h4-10H,3H2,1-2H3. The van der Waals surface area contributed by atoms with Crippen molar-refractivity contribution >= 4 is 55.3 Å². The zero-order valence-corrected chi connectivity index (χ0v) is 17.5. The van der Waals surface area contributed by atoms with Crippen LogP contribution in [0.25, 0.3) is 22.1 Å². The van der Waals surface area contributed by atoms with E-state index in [2.05, 4.69) is 20.9 Å². The van der Waals surface area contributed by atoms with Gasteiger partial charge in [-0.3, -0.25) is 9.59 Å². The van der Waals surface area contributed by atoms with E-state index in [-0.39, 0.29) is 5.56 Å². The van der Waals surface area contributed by atoms with E-state index in [1.807, 2.05) is 31.2 Å². The average molecular weight is 459 g/mol. The minimum Gasteiger partial charge on any atom is -0.490 e. The van der Waals surface area contributed by atoms with Crippen molar-refractivity contribution in [2.45, 2.75) is 13.8 Å². The third-order valence-electron chi connectivity index (χ3n) is 4.02. The van der Waals surface area contributed by atoms with Crippen molar-refractivity contribution in [3.05, 3.63) is 61.3 Å². The molecule has 0 aliphatic carbocycles. The zero-order chi connectivity index (χ0) is 19.8. The summed E-state index contributed by atoms with van der Waals surface area (Å²) >= 11 is 4.75. The summed E-state index contributed by atoms with van der Waals surface area (Å²) in [4.78, 5) is 29.4. The molecule has 2 aromatic carbocycles. The first-order chi connectivity index (χ1) is 13.5. The number of hydrogen-bond acceptors (Lipinski definition) is 6. The number of nitrogens with zero attached hydrogens (tertiary/aromatic N) is 2. The van der Waals surface area contributed by atoms with Gasteiger partial charge in [-0.25, -0.2) is 9.38 Å². The number of ether oxygens (including phenoxy) is 2. The number of hydrogen-bond donors (Lipinski definition) is 0. The third kappa shape index (κ3) is 3.29. The second-order valence-corrected chi connectivity index (χ2v) is 7.85. The lowest BCUT2D eigenvalue weighted by Gasteiger charge is -2.12. The number of aromatic nitrogens is 2. The van der Waals surface area contributed by atoms with E-state index in [4.69, 9.17) is 9.47 Å². The summed E-state index contributed by atoms with van der Waals surface area (Å²) in [6.07, 6.45) is 1.78. The van der Waals surface area contributed by atoms with Crippen molar-refractivity contribution in [2.75, 3.05) is 6.61 Å². The summed E-state index contributed by atoms with van der Waals surface area (Å²) in [5, 5.41) is 0. The minimum atomic E-state index is -0.438. The van der Waals surface area contributed by atoms with Gasteiger partial charge in [0, 0.05) is 6.92 Å². The largest absolute Gasteiger partial charge is 0.490 e. The van der Waals surface area contributed by atoms with Gasteiger partial charge < -0.3 is 9.47 Å². The molecular formula is C20H15BrN2O4S. The van der Waals surface area contributed by atoms with Crippen LogP contribution >= 0.6 is 27.3 Å². The number of fused-ring (bicyclic) bond motifs is 3. The molecule has 0 N–H and O–H groups in total. The molecule has 142 valence electrons. The van der Waals surface area contributed by atoms with E-state index < -0.39 is 5.97 Å². The minimum absolute atomic E-state index is 0.119. The maximum absolute atomic E-state index is 12.9. The van der Waals surface area contributed by atoms with Gasteiger partial charge in [0.2, 0.25) is 0 Å². The SMILES string of the molecule is CCOc1cc(C=c2sc3nc4ccccc4n3c2=O)cc(Br)c1OC(C)=O. The van der Waals surface area contributed by atoms with Gasteiger partial charge in [-0.1, -0.05) is 23.5 Å². The molecule has 0 spiro atoms. The Morgan fingerprint density at radius 2 is 2.11 bits per heavy atom. The summed E-state index contributed by atoms with van der Waals surface area (Å²) in [6.45, 7) is 3.59. The quantitative estimate of drug-likeness (QED) is 0.345. The highest BCUT2D eigenvalue weighted by Crippen LogP contribution is 2.37. The molecule has 0 fully saturated rings. The maximum Gasteiger partial charge on any atom is 0.308 e. The second kappa shape index (κ2) is 7.37. The lowest BCUT2D eigenvalue weighted by atomic mass is 10.2. The molecule has 2 aromatic heterocycles. The van der Waals surface area contributed by atoms with E-state index in [9.17, 15) is 9.59 Å². The molecule has 0 amide bonds. The van der Waals surface area contributed by atoms with E-state index >= 15 is 0 Å². The van der Waals surface area contributed by atoms with Crippen LogP contribution in [-0.4, -0.2) is 22.0 Å². The molecular weight excluding hydrogens is 444 g/mol.